The predicted molar refractivity (Wildman–Crippen MR) is 106 cm³/mol. The molecular formula is C20H25N5S. The van der Waals surface area contributed by atoms with E-state index in [2.05, 4.69) is 49.4 Å². The number of hydrogen-bond donors (Lipinski definition) is 1. The van der Waals surface area contributed by atoms with Crippen molar-refractivity contribution >= 4 is 22.4 Å². The lowest BCUT2D eigenvalue weighted by molar-refractivity contribution is 0.178. The fourth-order valence-electron chi connectivity index (χ4n) is 4.49. The summed E-state index contributed by atoms with van der Waals surface area (Å²) in [5.41, 5.74) is 5.60. The Labute approximate surface area is 158 Å². The lowest BCUT2D eigenvalue weighted by Crippen LogP contribution is -2.35. The van der Waals surface area contributed by atoms with Gasteiger partial charge in [0.1, 0.15) is 5.82 Å². The minimum atomic E-state index is 0.551. The smallest absolute Gasteiger partial charge is 0.114 e. The second-order valence-electron chi connectivity index (χ2n) is 7.51. The molecule has 3 aromatic rings. The van der Waals surface area contributed by atoms with Crippen LogP contribution < -0.4 is 5.32 Å². The third-order valence-corrected chi connectivity index (χ3v) is 6.48. The first-order chi connectivity index (χ1) is 12.9. The van der Waals surface area contributed by atoms with Gasteiger partial charge in [-0.05, 0) is 37.9 Å². The molecule has 1 N–H and O–H groups in total. The maximum Gasteiger partial charge on any atom is 0.114 e. The van der Waals surface area contributed by atoms with Gasteiger partial charge in [-0.25, -0.2) is 9.97 Å². The molecule has 2 fully saturated rings. The van der Waals surface area contributed by atoms with Crippen molar-refractivity contribution in [2.24, 2.45) is 0 Å². The highest BCUT2D eigenvalue weighted by molar-refractivity contribution is 7.07. The summed E-state index contributed by atoms with van der Waals surface area (Å²) in [4.78, 5) is 12.0. The highest BCUT2D eigenvalue weighted by atomic mass is 32.1. The zero-order chi connectivity index (χ0) is 17.3. The normalized spacial score (nSPS) is 22.4. The van der Waals surface area contributed by atoms with E-state index >= 15 is 0 Å². The molecular weight excluding hydrogens is 342 g/mol. The molecule has 0 spiro atoms. The number of thiazole rings is 1. The van der Waals surface area contributed by atoms with Gasteiger partial charge < -0.3 is 9.88 Å². The number of benzene rings is 1. The van der Waals surface area contributed by atoms with Crippen molar-refractivity contribution in [1.29, 1.82) is 0 Å². The first kappa shape index (κ1) is 16.4. The average Bonchev–Trinajstić information content (AvgIpc) is 3.43. The molecule has 2 aromatic heterocycles. The molecule has 0 amide bonds. The average molecular weight is 368 g/mol. The summed E-state index contributed by atoms with van der Waals surface area (Å²) < 4.78 is 2.58. The molecule has 4 heterocycles. The van der Waals surface area contributed by atoms with Crippen LogP contribution >= 0.6 is 11.3 Å². The van der Waals surface area contributed by atoms with Crippen molar-refractivity contribution in [3.05, 3.63) is 46.7 Å². The minimum absolute atomic E-state index is 0.551. The van der Waals surface area contributed by atoms with Crippen LogP contribution in [0.5, 0.6) is 0 Å². The predicted octanol–water partition coefficient (Wildman–Crippen LogP) is 3.41. The van der Waals surface area contributed by atoms with Gasteiger partial charge in [0.05, 0.1) is 22.2 Å². The van der Waals surface area contributed by atoms with Crippen LogP contribution in [0.1, 0.15) is 42.7 Å². The number of rotatable bonds is 4. The quantitative estimate of drug-likeness (QED) is 0.768. The van der Waals surface area contributed by atoms with Crippen LogP contribution in [0.15, 0.2) is 35.2 Å². The maximum atomic E-state index is 5.05. The molecule has 6 heteroatoms. The minimum Gasteiger partial charge on any atom is -0.324 e. The molecule has 2 saturated heterocycles. The van der Waals surface area contributed by atoms with E-state index in [1.165, 1.54) is 36.3 Å². The Balaban J connectivity index is 1.39. The van der Waals surface area contributed by atoms with E-state index in [1.807, 2.05) is 5.51 Å². The summed E-state index contributed by atoms with van der Waals surface area (Å²) in [6.45, 7) is 5.43. The molecule has 136 valence electrons. The molecule has 2 aliphatic rings. The Bertz CT molecular complexity index is 858. The number of likely N-dealkylation sites (tertiary alicyclic amines) is 1. The summed E-state index contributed by atoms with van der Waals surface area (Å²) in [6, 6.07) is 9.22. The summed E-state index contributed by atoms with van der Waals surface area (Å²) >= 11 is 1.69. The fourth-order valence-corrected chi connectivity index (χ4v) is 5.04. The van der Waals surface area contributed by atoms with Gasteiger partial charge in [0.2, 0.25) is 0 Å². The number of fused-ring (bicyclic) bond motifs is 1. The number of nitrogens with zero attached hydrogens (tertiary/aromatic N) is 4. The standard InChI is InChI=1S/C20H25N5S/c1-2-4-19-18(3-1)23-20(15-5-8-21-11-15)25(19)17-6-9-24(10-7-17)12-16-13-26-14-22-16/h1-4,13-15,17,21H,5-12H2. The van der Waals surface area contributed by atoms with Crippen LogP contribution in [0.3, 0.4) is 0 Å². The van der Waals surface area contributed by atoms with Crippen LogP contribution in [-0.4, -0.2) is 45.6 Å². The molecule has 2 aliphatic heterocycles. The highest BCUT2D eigenvalue weighted by Crippen LogP contribution is 2.33. The number of hydrogen-bond acceptors (Lipinski definition) is 5. The van der Waals surface area contributed by atoms with Crippen LogP contribution in [0.2, 0.25) is 0 Å². The SMILES string of the molecule is c1ccc2c(c1)nc(C1CCNC1)n2C1CCN(Cc2cscn2)CC1. The molecule has 1 aromatic carbocycles. The molecule has 1 unspecified atom stereocenters. The third kappa shape index (κ3) is 3.06. The monoisotopic (exact) mass is 367 g/mol. The van der Waals surface area contributed by atoms with E-state index in [-0.39, 0.29) is 0 Å². The van der Waals surface area contributed by atoms with Gasteiger partial charge in [-0.2, -0.15) is 0 Å². The highest BCUT2D eigenvalue weighted by Gasteiger charge is 2.29. The van der Waals surface area contributed by atoms with Crippen molar-refractivity contribution in [3.8, 4) is 0 Å². The summed E-state index contributed by atoms with van der Waals surface area (Å²) in [5.74, 6) is 1.85. The first-order valence-electron chi connectivity index (χ1n) is 9.65. The van der Waals surface area contributed by atoms with Crippen LogP contribution in [0, 0.1) is 0 Å². The number of aromatic nitrogens is 3. The molecule has 1 atom stereocenters. The Morgan fingerprint density at radius 1 is 1.15 bits per heavy atom. The van der Waals surface area contributed by atoms with Crippen LogP contribution in [-0.2, 0) is 6.54 Å². The molecule has 26 heavy (non-hydrogen) atoms. The number of imidazole rings is 1. The fraction of sp³-hybridized carbons (Fsp3) is 0.500. The molecule has 0 bridgehead atoms. The first-order valence-corrected chi connectivity index (χ1v) is 10.6. The molecule has 0 radical (unpaired) electrons. The van der Waals surface area contributed by atoms with Crippen LogP contribution in [0.4, 0.5) is 0 Å². The van der Waals surface area contributed by atoms with Gasteiger partial charge in [0.25, 0.3) is 0 Å². The van der Waals surface area contributed by atoms with Crippen molar-refractivity contribution in [2.75, 3.05) is 26.2 Å². The Kier molecular flexibility index (Phi) is 4.48. The number of para-hydroxylation sites is 2. The van der Waals surface area contributed by atoms with Crippen molar-refractivity contribution in [1.82, 2.24) is 24.8 Å². The lowest BCUT2D eigenvalue weighted by atomic mass is 10.0. The molecule has 0 aliphatic carbocycles. The zero-order valence-electron chi connectivity index (χ0n) is 15.0. The van der Waals surface area contributed by atoms with Crippen LogP contribution in [0.25, 0.3) is 11.0 Å². The largest absolute Gasteiger partial charge is 0.324 e. The molecule has 0 saturated carbocycles. The van der Waals surface area contributed by atoms with Crippen molar-refractivity contribution in [3.63, 3.8) is 0 Å². The lowest BCUT2D eigenvalue weighted by Gasteiger charge is -2.33. The van der Waals surface area contributed by atoms with E-state index in [1.54, 1.807) is 11.3 Å². The molecule has 5 nitrogen and oxygen atoms in total. The van der Waals surface area contributed by atoms with Crippen molar-refractivity contribution < 1.29 is 0 Å². The third-order valence-electron chi connectivity index (χ3n) is 5.84. The Morgan fingerprint density at radius 2 is 2.04 bits per heavy atom. The van der Waals surface area contributed by atoms with Gasteiger partial charge in [0.15, 0.2) is 0 Å². The van der Waals surface area contributed by atoms with Gasteiger partial charge in [0, 0.05) is 43.5 Å². The van der Waals surface area contributed by atoms with Gasteiger partial charge in [-0.15, -0.1) is 11.3 Å². The van der Waals surface area contributed by atoms with E-state index in [4.69, 9.17) is 4.98 Å². The molecule has 5 rings (SSSR count). The second kappa shape index (κ2) is 7.10. The second-order valence-corrected chi connectivity index (χ2v) is 8.22. The Morgan fingerprint density at radius 3 is 2.81 bits per heavy atom. The topological polar surface area (TPSA) is 46.0 Å². The number of nitrogens with one attached hydrogen (secondary N) is 1. The summed E-state index contributed by atoms with van der Waals surface area (Å²) in [6.07, 6.45) is 3.58. The summed E-state index contributed by atoms with van der Waals surface area (Å²) in [5, 5.41) is 5.68. The maximum absolute atomic E-state index is 5.05. The van der Waals surface area contributed by atoms with E-state index in [0.29, 0.717) is 12.0 Å². The van der Waals surface area contributed by atoms with E-state index in [9.17, 15) is 0 Å². The van der Waals surface area contributed by atoms with Gasteiger partial charge >= 0.3 is 0 Å². The van der Waals surface area contributed by atoms with E-state index in [0.717, 1.165) is 38.2 Å². The van der Waals surface area contributed by atoms with Crippen molar-refractivity contribution in [2.45, 2.75) is 37.8 Å². The Hall–Kier alpha value is -1.76. The van der Waals surface area contributed by atoms with E-state index < -0.39 is 0 Å². The van der Waals surface area contributed by atoms with Gasteiger partial charge in [-0.3, -0.25) is 4.90 Å². The zero-order valence-corrected chi connectivity index (χ0v) is 15.8. The number of piperidine rings is 1. The van der Waals surface area contributed by atoms with Gasteiger partial charge in [-0.1, -0.05) is 12.1 Å². The summed E-state index contributed by atoms with van der Waals surface area (Å²) in [7, 11) is 0.